The third-order valence-corrected chi connectivity index (χ3v) is 4.17. The monoisotopic (exact) mass is 322 g/mol. The van der Waals surface area contributed by atoms with Gasteiger partial charge in [0.15, 0.2) is 0 Å². The van der Waals surface area contributed by atoms with Crippen LogP contribution in [0.15, 0.2) is 55.6 Å². The number of phenolic OH excluding ortho intramolecular Hbond substituents is 2. The number of hydrogen-bond acceptors (Lipinski definition) is 2. The topological polar surface area (TPSA) is 40.5 Å². The van der Waals surface area contributed by atoms with Gasteiger partial charge in [-0.15, -0.1) is 13.2 Å². The van der Waals surface area contributed by atoms with E-state index in [0.717, 1.165) is 27.8 Å². The molecule has 2 aromatic carbocycles. The van der Waals surface area contributed by atoms with Crippen molar-refractivity contribution in [2.24, 2.45) is 0 Å². The lowest BCUT2D eigenvalue weighted by atomic mass is 9.83. The Kier molecular flexibility index (Phi) is 5.18. The van der Waals surface area contributed by atoms with Crippen LogP contribution in [0, 0.1) is 0 Å². The molecule has 0 saturated heterocycles. The van der Waals surface area contributed by atoms with E-state index in [4.69, 9.17) is 0 Å². The standard InChI is InChI=1S/C22H26O2/c1-6-8-16-12-15(10-11-20(16)23)19-14-18(22(3,4)5)13-17(9-7-2)21(19)24/h6-7,10-14,23-24H,1-2,8-9H2,3-5H3. The minimum atomic E-state index is -0.0285. The number of aromatic hydroxyl groups is 2. The zero-order valence-corrected chi connectivity index (χ0v) is 14.8. The smallest absolute Gasteiger partial charge is 0.126 e. The lowest BCUT2D eigenvalue weighted by Gasteiger charge is -2.22. The van der Waals surface area contributed by atoms with Gasteiger partial charge in [-0.2, -0.15) is 0 Å². The molecule has 0 spiro atoms. The Bertz CT molecular complexity index is 764. The van der Waals surface area contributed by atoms with Gasteiger partial charge in [0.25, 0.3) is 0 Å². The minimum Gasteiger partial charge on any atom is -0.508 e. The zero-order chi connectivity index (χ0) is 17.9. The predicted octanol–water partition coefficient (Wildman–Crippen LogP) is 5.52. The summed E-state index contributed by atoms with van der Waals surface area (Å²) in [6.45, 7) is 14.0. The van der Waals surface area contributed by atoms with E-state index in [1.165, 1.54) is 0 Å². The summed E-state index contributed by atoms with van der Waals surface area (Å²) in [5.41, 5.74) is 4.46. The van der Waals surface area contributed by atoms with Crippen LogP contribution in [0.1, 0.15) is 37.5 Å². The van der Waals surface area contributed by atoms with Gasteiger partial charge in [0, 0.05) is 5.56 Å². The van der Waals surface area contributed by atoms with Gasteiger partial charge >= 0.3 is 0 Å². The number of allylic oxidation sites excluding steroid dienone is 2. The fourth-order valence-electron chi connectivity index (χ4n) is 2.73. The molecule has 0 aliphatic rings. The van der Waals surface area contributed by atoms with Crippen molar-refractivity contribution in [2.45, 2.75) is 39.0 Å². The molecule has 0 atom stereocenters. The lowest BCUT2D eigenvalue weighted by Crippen LogP contribution is -2.12. The molecule has 0 aromatic heterocycles. The Morgan fingerprint density at radius 3 is 2.12 bits per heavy atom. The molecule has 0 radical (unpaired) electrons. The second kappa shape index (κ2) is 6.96. The Morgan fingerprint density at radius 1 is 0.917 bits per heavy atom. The first-order chi connectivity index (χ1) is 11.3. The van der Waals surface area contributed by atoms with Crippen LogP contribution in [-0.2, 0) is 18.3 Å². The molecule has 0 bridgehead atoms. The Labute approximate surface area is 144 Å². The quantitative estimate of drug-likeness (QED) is 0.712. The first-order valence-corrected chi connectivity index (χ1v) is 8.18. The van der Waals surface area contributed by atoms with E-state index >= 15 is 0 Å². The molecule has 24 heavy (non-hydrogen) atoms. The van der Waals surface area contributed by atoms with Gasteiger partial charge in [0.1, 0.15) is 11.5 Å². The van der Waals surface area contributed by atoms with Crippen LogP contribution < -0.4 is 0 Å². The van der Waals surface area contributed by atoms with Gasteiger partial charge in [0.05, 0.1) is 0 Å². The molecule has 2 aromatic rings. The first-order valence-electron chi connectivity index (χ1n) is 8.18. The largest absolute Gasteiger partial charge is 0.508 e. The summed E-state index contributed by atoms with van der Waals surface area (Å²) < 4.78 is 0. The molecule has 2 N–H and O–H groups in total. The minimum absolute atomic E-state index is 0.0285. The molecule has 0 aliphatic heterocycles. The maximum atomic E-state index is 10.7. The van der Waals surface area contributed by atoms with Crippen LogP contribution in [0.4, 0.5) is 0 Å². The molecule has 0 fully saturated rings. The van der Waals surface area contributed by atoms with Crippen molar-refractivity contribution in [3.05, 3.63) is 72.3 Å². The highest BCUT2D eigenvalue weighted by Gasteiger charge is 2.19. The molecule has 0 heterocycles. The van der Waals surface area contributed by atoms with E-state index in [1.807, 2.05) is 24.3 Å². The summed E-state index contributed by atoms with van der Waals surface area (Å²) in [5, 5.41) is 20.7. The van der Waals surface area contributed by atoms with E-state index in [2.05, 4.69) is 33.9 Å². The highest BCUT2D eigenvalue weighted by molar-refractivity contribution is 5.74. The number of hydrogen-bond donors (Lipinski definition) is 2. The van der Waals surface area contributed by atoms with Crippen molar-refractivity contribution in [1.29, 1.82) is 0 Å². The Hall–Kier alpha value is -2.48. The van der Waals surface area contributed by atoms with Gasteiger partial charge in [0.2, 0.25) is 0 Å². The molecular formula is C22H26O2. The molecule has 2 rings (SSSR count). The average molecular weight is 322 g/mol. The fourth-order valence-corrected chi connectivity index (χ4v) is 2.73. The predicted molar refractivity (Wildman–Crippen MR) is 102 cm³/mol. The van der Waals surface area contributed by atoms with Crippen LogP contribution in [0.5, 0.6) is 11.5 Å². The second-order valence-corrected chi connectivity index (χ2v) is 7.11. The molecular weight excluding hydrogens is 296 g/mol. The fraction of sp³-hybridized carbons (Fsp3) is 0.273. The number of benzene rings is 2. The summed E-state index contributed by atoms with van der Waals surface area (Å²) in [5.74, 6) is 0.523. The van der Waals surface area contributed by atoms with Crippen LogP contribution in [-0.4, -0.2) is 10.2 Å². The molecule has 0 aliphatic carbocycles. The van der Waals surface area contributed by atoms with Gasteiger partial charge in [-0.25, -0.2) is 0 Å². The highest BCUT2D eigenvalue weighted by atomic mass is 16.3. The Balaban J connectivity index is 2.68. The van der Waals surface area contributed by atoms with Crippen LogP contribution in [0.3, 0.4) is 0 Å². The van der Waals surface area contributed by atoms with Crippen LogP contribution >= 0.6 is 0 Å². The van der Waals surface area contributed by atoms with Gasteiger partial charge < -0.3 is 10.2 Å². The lowest BCUT2D eigenvalue weighted by molar-refractivity contribution is 0.468. The molecule has 126 valence electrons. The van der Waals surface area contributed by atoms with Crippen molar-refractivity contribution in [2.75, 3.05) is 0 Å². The third-order valence-electron chi connectivity index (χ3n) is 4.17. The zero-order valence-electron chi connectivity index (χ0n) is 14.8. The van der Waals surface area contributed by atoms with E-state index < -0.39 is 0 Å². The second-order valence-electron chi connectivity index (χ2n) is 7.11. The summed E-state index contributed by atoms with van der Waals surface area (Å²) in [6, 6.07) is 9.50. The van der Waals surface area contributed by atoms with E-state index in [0.29, 0.717) is 12.8 Å². The summed E-state index contributed by atoms with van der Waals surface area (Å²) in [7, 11) is 0. The molecule has 0 amide bonds. The Morgan fingerprint density at radius 2 is 1.54 bits per heavy atom. The van der Waals surface area contributed by atoms with Crippen LogP contribution in [0.25, 0.3) is 11.1 Å². The first kappa shape index (κ1) is 17.9. The third kappa shape index (κ3) is 3.70. The summed E-state index contributed by atoms with van der Waals surface area (Å²) in [4.78, 5) is 0. The van der Waals surface area contributed by atoms with Crippen molar-refractivity contribution in [3.63, 3.8) is 0 Å². The van der Waals surface area contributed by atoms with Crippen molar-refractivity contribution in [3.8, 4) is 22.6 Å². The molecule has 2 nitrogen and oxygen atoms in total. The van der Waals surface area contributed by atoms with Crippen molar-refractivity contribution >= 4 is 0 Å². The van der Waals surface area contributed by atoms with Gasteiger partial charge in [-0.05, 0) is 58.7 Å². The van der Waals surface area contributed by atoms with E-state index in [-0.39, 0.29) is 16.9 Å². The van der Waals surface area contributed by atoms with Gasteiger partial charge in [-0.3, -0.25) is 0 Å². The van der Waals surface area contributed by atoms with E-state index in [1.54, 1.807) is 18.2 Å². The summed E-state index contributed by atoms with van der Waals surface area (Å²) >= 11 is 0. The highest BCUT2D eigenvalue weighted by Crippen LogP contribution is 2.38. The number of rotatable bonds is 5. The molecule has 2 heteroatoms. The normalized spacial score (nSPS) is 11.3. The average Bonchev–Trinajstić information content (AvgIpc) is 2.51. The van der Waals surface area contributed by atoms with Crippen molar-refractivity contribution in [1.82, 2.24) is 0 Å². The van der Waals surface area contributed by atoms with Crippen molar-refractivity contribution < 1.29 is 10.2 Å². The van der Waals surface area contributed by atoms with E-state index in [9.17, 15) is 10.2 Å². The molecule has 0 saturated carbocycles. The molecule has 0 unspecified atom stereocenters. The number of phenols is 2. The SMILES string of the molecule is C=CCc1cc(-c2cc(C(C)(C)C)cc(CC=C)c2O)ccc1O. The summed E-state index contributed by atoms with van der Waals surface area (Å²) in [6.07, 6.45) is 4.75. The van der Waals surface area contributed by atoms with Crippen LogP contribution in [0.2, 0.25) is 0 Å². The van der Waals surface area contributed by atoms with Gasteiger partial charge in [-0.1, -0.05) is 45.1 Å². The maximum absolute atomic E-state index is 10.7. The maximum Gasteiger partial charge on any atom is 0.126 e.